The van der Waals surface area contributed by atoms with Crippen LogP contribution in [0.2, 0.25) is 0 Å². The molecule has 2 rings (SSSR count). The molecule has 37 heavy (non-hydrogen) atoms. The highest BCUT2D eigenvalue weighted by Crippen LogP contribution is 2.28. The van der Waals surface area contributed by atoms with Gasteiger partial charge in [0.05, 0.1) is 19.6 Å². The Hall–Kier alpha value is -2.72. The van der Waals surface area contributed by atoms with E-state index in [9.17, 15) is 46.8 Å². The molecule has 0 radical (unpaired) electrons. The Bertz CT molecular complexity index is 1370. The number of nitro groups is 1. The zero-order valence-electron chi connectivity index (χ0n) is 17.9. The first-order chi connectivity index (χ1) is 17.0. The van der Waals surface area contributed by atoms with Crippen molar-refractivity contribution < 1.29 is 60.4 Å². The minimum absolute atomic E-state index is 0.148. The quantitative estimate of drug-likeness (QED) is 0.0682. The van der Waals surface area contributed by atoms with Crippen LogP contribution in [0, 0.1) is 17.3 Å². The number of nitro benzene ring substituents is 1. The van der Waals surface area contributed by atoms with Crippen LogP contribution in [0.5, 0.6) is 5.75 Å². The summed E-state index contributed by atoms with van der Waals surface area (Å²) in [4.78, 5) is 46.8. The summed E-state index contributed by atoms with van der Waals surface area (Å²) in [6.07, 6.45) is 0. The van der Waals surface area contributed by atoms with Crippen molar-refractivity contribution in [3.8, 4) is 5.75 Å². The lowest BCUT2D eigenvalue weighted by Crippen LogP contribution is -2.34. The highest BCUT2D eigenvalue weighted by molar-refractivity contribution is 14.1. The van der Waals surface area contributed by atoms with Crippen LogP contribution in [0.25, 0.3) is 0 Å². The average molecular weight is 771 g/mol. The molecule has 0 aromatic heterocycles. The van der Waals surface area contributed by atoms with Crippen molar-refractivity contribution in [1.82, 2.24) is 0 Å². The van der Waals surface area contributed by atoms with Crippen LogP contribution >= 0.6 is 45.2 Å². The Kier molecular flexibility index (Phi) is 10.1. The number of esters is 3. The first kappa shape index (κ1) is 30.5. The molecule has 0 spiro atoms. The fourth-order valence-electron chi connectivity index (χ4n) is 2.44. The van der Waals surface area contributed by atoms with Crippen LogP contribution in [0.4, 0.5) is 14.5 Å². The van der Waals surface area contributed by atoms with Crippen molar-refractivity contribution in [3.63, 3.8) is 0 Å². The molecule has 0 bridgehead atoms. The number of alkyl halides is 2. The van der Waals surface area contributed by atoms with Crippen LogP contribution in [0.3, 0.4) is 0 Å². The lowest BCUT2D eigenvalue weighted by Gasteiger charge is -2.14. The van der Waals surface area contributed by atoms with Gasteiger partial charge in [0.15, 0.2) is 6.61 Å². The van der Waals surface area contributed by atoms with Crippen molar-refractivity contribution in [1.29, 1.82) is 0 Å². The van der Waals surface area contributed by atoms with Gasteiger partial charge in [0.2, 0.25) is 0 Å². The SMILES string of the molecule is O=C(OCCOC(=O)c1cc(I)cc(I)c1O)c1ccc([N+](=O)[O-])cc1C(=O)OCC(F)(F)S(=O)(=O)O. The van der Waals surface area contributed by atoms with Gasteiger partial charge in [-0.3, -0.25) is 14.7 Å². The second-order valence-electron chi connectivity index (χ2n) is 6.73. The van der Waals surface area contributed by atoms with E-state index in [1.165, 1.54) is 6.07 Å². The Morgan fingerprint density at radius 2 is 1.49 bits per heavy atom. The van der Waals surface area contributed by atoms with Crippen LogP contribution < -0.4 is 0 Å². The summed E-state index contributed by atoms with van der Waals surface area (Å²) in [7, 11) is -5.95. The molecule has 13 nitrogen and oxygen atoms in total. The summed E-state index contributed by atoms with van der Waals surface area (Å²) in [5.41, 5.74) is -2.49. The number of hydrogen-bond donors (Lipinski definition) is 2. The van der Waals surface area contributed by atoms with Gasteiger partial charge in [0.25, 0.3) is 5.69 Å². The molecule has 2 aromatic carbocycles. The first-order valence-corrected chi connectivity index (χ1v) is 13.0. The van der Waals surface area contributed by atoms with E-state index < -0.39 is 74.8 Å². The number of nitrogens with zero attached hydrogens (tertiary/aromatic N) is 1. The second-order valence-corrected chi connectivity index (χ2v) is 10.7. The van der Waals surface area contributed by atoms with Gasteiger partial charge in [0, 0.05) is 15.7 Å². The number of carbonyl (C=O) groups is 3. The Labute approximate surface area is 233 Å². The summed E-state index contributed by atoms with van der Waals surface area (Å²) < 4.78 is 71.4. The molecule has 0 saturated carbocycles. The molecule has 0 atom stereocenters. The van der Waals surface area contributed by atoms with Gasteiger partial charge in [0.1, 0.15) is 24.5 Å². The standard InChI is InChI=1S/C19H13F2I2NO12S/c20-19(21,37(31,32)33)8-36-17(27)12-7-10(24(29)30)1-2-11(12)16(26)34-3-4-35-18(28)13-5-9(22)6-14(23)15(13)25/h1-2,5-7,25H,3-4,8H2,(H,31,32,33). The molecule has 0 aliphatic rings. The molecule has 0 aliphatic carbocycles. The third-order valence-electron chi connectivity index (χ3n) is 4.20. The number of benzene rings is 2. The number of rotatable bonds is 10. The van der Waals surface area contributed by atoms with Crippen LogP contribution in [0.1, 0.15) is 31.1 Å². The Morgan fingerprint density at radius 3 is 2.03 bits per heavy atom. The van der Waals surface area contributed by atoms with Gasteiger partial charge in [-0.1, -0.05) is 0 Å². The van der Waals surface area contributed by atoms with Crippen LogP contribution in [0.15, 0.2) is 30.3 Å². The van der Waals surface area contributed by atoms with Crippen LogP contribution in [-0.2, 0) is 24.3 Å². The topological polar surface area (TPSA) is 197 Å². The van der Waals surface area contributed by atoms with E-state index in [1.54, 1.807) is 28.7 Å². The Morgan fingerprint density at radius 1 is 0.946 bits per heavy atom. The molecule has 18 heteroatoms. The fraction of sp³-hybridized carbons (Fsp3) is 0.211. The molecule has 0 aliphatic heterocycles. The van der Waals surface area contributed by atoms with Gasteiger partial charge in [-0.2, -0.15) is 17.2 Å². The molecule has 0 unspecified atom stereocenters. The zero-order chi connectivity index (χ0) is 28.1. The Balaban J connectivity index is 2.12. The van der Waals surface area contributed by atoms with Gasteiger partial charge in [-0.25, -0.2) is 14.4 Å². The average Bonchev–Trinajstić information content (AvgIpc) is 2.81. The molecule has 0 fully saturated rings. The van der Waals surface area contributed by atoms with Gasteiger partial charge in [-0.05, 0) is 63.4 Å². The monoisotopic (exact) mass is 771 g/mol. The van der Waals surface area contributed by atoms with E-state index in [0.717, 1.165) is 12.1 Å². The number of ether oxygens (including phenoxy) is 3. The largest absolute Gasteiger partial charge is 0.506 e. The zero-order valence-corrected chi connectivity index (χ0v) is 23.0. The summed E-state index contributed by atoms with van der Waals surface area (Å²) in [6, 6.07) is 5.02. The van der Waals surface area contributed by atoms with Crippen molar-refractivity contribution in [2.45, 2.75) is 5.25 Å². The smallest absolute Gasteiger partial charge is 0.402 e. The molecule has 2 aromatic rings. The number of non-ortho nitro benzene ring substituents is 1. The molecule has 0 heterocycles. The lowest BCUT2D eigenvalue weighted by molar-refractivity contribution is -0.384. The number of hydrogen-bond acceptors (Lipinski definition) is 11. The van der Waals surface area contributed by atoms with Crippen molar-refractivity contribution in [2.24, 2.45) is 0 Å². The predicted molar refractivity (Wildman–Crippen MR) is 134 cm³/mol. The summed E-state index contributed by atoms with van der Waals surface area (Å²) in [5.74, 6) is -4.32. The van der Waals surface area contributed by atoms with E-state index in [0.29, 0.717) is 13.2 Å². The normalized spacial score (nSPS) is 11.5. The molecule has 200 valence electrons. The highest BCUT2D eigenvalue weighted by Gasteiger charge is 2.46. The van der Waals surface area contributed by atoms with Gasteiger partial charge < -0.3 is 19.3 Å². The van der Waals surface area contributed by atoms with Gasteiger partial charge >= 0.3 is 33.3 Å². The fourth-order valence-corrected chi connectivity index (χ4v) is 4.49. The minimum atomic E-state index is -5.95. The maximum Gasteiger partial charge on any atom is 0.402 e. The summed E-state index contributed by atoms with van der Waals surface area (Å²) >= 11 is 3.71. The van der Waals surface area contributed by atoms with E-state index >= 15 is 0 Å². The number of phenols is 1. The van der Waals surface area contributed by atoms with Crippen molar-refractivity contribution in [3.05, 3.63) is 64.3 Å². The minimum Gasteiger partial charge on any atom is -0.506 e. The lowest BCUT2D eigenvalue weighted by atomic mass is 10.1. The molecule has 0 amide bonds. The maximum atomic E-state index is 13.4. The maximum absolute atomic E-state index is 13.4. The summed E-state index contributed by atoms with van der Waals surface area (Å²) in [5, 5.41) is 16.1. The van der Waals surface area contributed by atoms with E-state index in [1.807, 2.05) is 22.6 Å². The number of aromatic hydroxyl groups is 1. The summed E-state index contributed by atoms with van der Waals surface area (Å²) in [6.45, 7) is -3.25. The van der Waals surface area contributed by atoms with E-state index in [2.05, 4.69) is 4.74 Å². The number of carbonyl (C=O) groups excluding carboxylic acids is 3. The van der Waals surface area contributed by atoms with Crippen LogP contribution in [-0.4, -0.2) is 66.0 Å². The van der Waals surface area contributed by atoms with Crippen molar-refractivity contribution in [2.75, 3.05) is 19.8 Å². The van der Waals surface area contributed by atoms with Crippen molar-refractivity contribution >= 4 is 78.9 Å². The third-order valence-corrected chi connectivity index (χ3v) is 6.52. The second kappa shape index (κ2) is 12.2. The van der Waals surface area contributed by atoms with Gasteiger partial charge in [-0.15, -0.1) is 0 Å². The third kappa shape index (κ3) is 7.88. The molecular formula is C19H13F2I2NO12S. The van der Waals surface area contributed by atoms with E-state index in [-0.39, 0.29) is 11.3 Å². The highest BCUT2D eigenvalue weighted by atomic mass is 127. The molecule has 2 N–H and O–H groups in total. The van der Waals surface area contributed by atoms with E-state index in [4.69, 9.17) is 14.0 Å². The molecular weight excluding hydrogens is 758 g/mol. The first-order valence-electron chi connectivity index (χ1n) is 9.38. The number of phenolic OH excluding ortho intramolecular Hbond substituents is 1. The molecule has 0 saturated heterocycles. The number of halogens is 4. The predicted octanol–water partition coefficient (Wildman–Crippen LogP) is 3.16.